The van der Waals surface area contributed by atoms with Gasteiger partial charge in [0.1, 0.15) is 6.04 Å². The Hall–Kier alpha value is -2.48. The number of carbonyl (C=O) groups excluding carboxylic acids is 1. The Balaban J connectivity index is 1.64. The van der Waals surface area contributed by atoms with Crippen molar-refractivity contribution < 1.29 is 4.79 Å². The Morgan fingerprint density at radius 3 is 2.68 bits per heavy atom. The second-order valence-electron chi connectivity index (χ2n) is 6.48. The van der Waals surface area contributed by atoms with E-state index in [0.717, 1.165) is 31.4 Å². The van der Waals surface area contributed by atoms with Gasteiger partial charge < -0.3 is 16.4 Å². The van der Waals surface area contributed by atoms with Crippen molar-refractivity contribution in [2.24, 2.45) is 5.73 Å². The van der Waals surface area contributed by atoms with Crippen LogP contribution in [0.25, 0.3) is 5.69 Å². The van der Waals surface area contributed by atoms with Gasteiger partial charge in [0.15, 0.2) is 0 Å². The van der Waals surface area contributed by atoms with Gasteiger partial charge in [-0.15, -0.1) is 0 Å². The quantitative estimate of drug-likeness (QED) is 0.728. The van der Waals surface area contributed by atoms with Crippen molar-refractivity contribution >= 4 is 11.9 Å². The summed E-state index contributed by atoms with van der Waals surface area (Å²) in [6.45, 7) is 1.96. The molecule has 8 heteroatoms. The summed E-state index contributed by atoms with van der Waals surface area (Å²) in [4.78, 5) is 12.6. The molecule has 1 aliphatic rings. The van der Waals surface area contributed by atoms with Gasteiger partial charge >= 0.3 is 0 Å². The average molecular weight is 343 g/mol. The number of anilines is 1. The number of amides is 1. The Morgan fingerprint density at radius 1 is 1.28 bits per heavy atom. The summed E-state index contributed by atoms with van der Waals surface area (Å²) in [5, 5.41) is 18.0. The summed E-state index contributed by atoms with van der Waals surface area (Å²) in [5.41, 5.74) is 6.77. The lowest BCUT2D eigenvalue weighted by atomic mass is 9.91. The number of carbonyl (C=O) groups is 1. The molecular weight excluding hydrogens is 318 g/mol. The molecule has 0 saturated heterocycles. The summed E-state index contributed by atoms with van der Waals surface area (Å²) in [6, 6.07) is 9.67. The minimum absolute atomic E-state index is 0.0226. The van der Waals surface area contributed by atoms with Crippen LogP contribution in [0.4, 0.5) is 5.95 Å². The number of para-hydroxylation sites is 1. The molecule has 8 nitrogen and oxygen atoms in total. The number of nitrogens with one attached hydrogen (secondary N) is 2. The molecule has 25 heavy (non-hydrogen) atoms. The van der Waals surface area contributed by atoms with Crippen LogP contribution >= 0.6 is 0 Å². The van der Waals surface area contributed by atoms with Crippen LogP contribution in [-0.4, -0.2) is 44.2 Å². The van der Waals surface area contributed by atoms with Gasteiger partial charge in [0.25, 0.3) is 0 Å². The Morgan fingerprint density at radius 2 is 2.00 bits per heavy atom. The van der Waals surface area contributed by atoms with E-state index in [1.165, 1.54) is 0 Å². The molecule has 2 aromatic rings. The zero-order valence-electron chi connectivity index (χ0n) is 14.4. The molecule has 0 bridgehead atoms. The average Bonchev–Trinajstić information content (AvgIpc) is 3.10. The molecule has 0 aliphatic heterocycles. The minimum atomic E-state index is -0.385. The van der Waals surface area contributed by atoms with E-state index in [0.29, 0.717) is 12.4 Å². The summed E-state index contributed by atoms with van der Waals surface area (Å²) >= 11 is 0. The molecular formula is C17H25N7O. The largest absolute Gasteiger partial charge is 0.352 e. The minimum Gasteiger partial charge on any atom is -0.352 e. The molecule has 1 aromatic carbocycles. The molecule has 0 radical (unpaired) electrons. The topological polar surface area (TPSA) is 111 Å². The second kappa shape index (κ2) is 8.06. The van der Waals surface area contributed by atoms with E-state index in [-0.39, 0.29) is 24.0 Å². The predicted octanol–water partition coefficient (Wildman–Crippen LogP) is 1.24. The molecule has 1 unspecified atom stereocenters. The van der Waals surface area contributed by atoms with Gasteiger partial charge in [-0.05, 0) is 54.7 Å². The fourth-order valence-corrected chi connectivity index (χ4v) is 3.09. The first kappa shape index (κ1) is 17.3. The van der Waals surface area contributed by atoms with Crippen molar-refractivity contribution in [2.45, 2.75) is 57.2 Å². The maximum absolute atomic E-state index is 12.6. The smallest absolute Gasteiger partial charge is 0.248 e. The third-order valence-electron chi connectivity index (χ3n) is 4.62. The van der Waals surface area contributed by atoms with Crippen molar-refractivity contribution in [3.63, 3.8) is 0 Å². The van der Waals surface area contributed by atoms with Crippen LogP contribution in [0.15, 0.2) is 30.3 Å². The first-order chi connectivity index (χ1) is 12.2. The molecule has 134 valence electrons. The zero-order valence-corrected chi connectivity index (χ0v) is 14.4. The van der Waals surface area contributed by atoms with Crippen molar-refractivity contribution in [3.8, 4) is 5.69 Å². The molecule has 1 atom stereocenters. The molecule has 1 fully saturated rings. The third kappa shape index (κ3) is 4.33. The van der Waals surface area contributed by atoms with Crippen molar-refractivity contribution in [1.82, 2.24) is 25.5 Å². The summed E-state index contributed by atoms with van der Waals surface area (Å²) in [5.74, 6) is 0.435. The summed E-state index contributed by atoms with van der Waals surface area (Å²) in [7, 11) is 0. The fourth-order valence-electron chi connectivity index (χ4n) is 3.09. The standard InChI is InChI=1S/C17H25N7O/c1-2-15(16(25)19-13-10-8-12(18)9-11-13)20-17-21-22-23-24(17)14-6-4-3-5-7-14/h3-7,12-13,15H,2,8-11,18H2,1H3,(H,19,25)(H,20,21,23). The number of rotatable bonds is 6. The van der Waals surface area contributed by atoms with Gasteiger partial charge in [-0.1, -0.05) is 30.2 Å². The van der Waals surface area contributed by atoms with Crippen LogP contribution in [0.1, 0.15) is 39.0 Å². The highest BCUT2D eigenvalue weighted by atomic mass is 16.2. The van der Waals surface area contributed by atoms with Crippen molar-refractivity contribution in [3.05, 3.63) is 30.3 Å². The number of nitrogens with two attached hydrogens (primary N) is 1. The maximum atomic E-state index is 12.6. The van der Waals surface area contributed by atoms with Crippen LogP contribution in [0.2, 0.25) is 0 Å². The Kier molecular flexibility index (Phi) is 5.60. The first-order valence-electron chi connectivity index (χ1n) is 8.83. The number of hydrogen-bond donors (Lipinski definition) is 3. The van der Waals surface area contributed by atoms with Crippen LogP contribution in [0, 0.1) is 0 Å². The monoisotopic (exact) mass is 343 g/mol. The highest BCUT2D eigenvalue weighted by molar-refractivity contribution is 5.84. The molecule has 1 amide bonds. The number of hydrogen-bond acceptors (Lipinski definition) is 6. The van der Waals surface area contributed by atoms with Gasteiger partial charge in [0.2, 0.25) is 11.9 Å². The molecule has 1 heterocycles. The molecule has 1 aliphatic carbocycles. The maximum Gasteiger partial charge on any atom is 0.248 e. The van der Waals surface area contributed by atoms with E-state index >= 15 is 0 Å². The van der Waals surface area contributed by atoms with Gasteiger partial charge in [-0.2, -0.15) is 4.68 Å². The van der Waals surface area contributed by atoms with Gasteiger partial charge in [0, 0.05) is 12.1 Å². The number of benzene rings is 1. The van der Waals surface area contributed by atoms with E-state index in [9.17, 15) is 4.79 Å². The lowest BCUT2D eigenvalue weighted by Gasteiger charge is -2.28. The number of tetrazole rings is 1. The third-order valence-corrected chi connectivity index (χ3v) is 4.62. The normalized spacial score (nSPS) is 21.5. The lowest BCUT2D eigenvalue weighted by Crippen LogP contribution is -2.47. The van der Waals surface area contributed by atoms with E-state index in [1.54, 1.807) is 4.68 Å². The first-order valence-corrected chi connectivity index (χ1v) is 8.83. The summed E-state index contributed by atoms with van der Waals surface area (Å²) < 4.78 is 1.59. The van der Waals surface area contributed by atoms with E-state index in [1.807, 2.05) is 37.3 Å². The van der Waals surface area contributed by atoms with Crippen LogP contribution in [0.3, 0.4) is 0 Å². The van der Waals surface area contributed by atoms with E-state index in [4.69, 9.17) is 5.73 Å². The van der Waals surface area contributed by atoms with E-state index in [2.05, 4.69) is 26.2 Å². The molecule has 4 N–H and O–H groups in total. The van der Waals surface area contributed by atoms with Crippen molar-refractivity contribution in [1.29, 1.82) is 0 Å². The summed E-state index contributed by atoms with van der Waals surface area (Å²) in [6.07, 6.45) is 4.43. The van der Waals surface area contributed by atoms with Gasteiger partial charge in [-0.25, -0.2) is 0 Å². The Bertz CT molecular complexity index is 679. The second-order valence-corrected chi connectivity index (χ2v) is 6.48. The highest BCUT2D eigenvalue weighted by Crippen LogP contribution is 2.18. The zero-order chi connectivity index (χ0) is 17.6. The molecule has 3 rings (SSSR count). The molecule has 1 aromatic heterocycles. The SMILES string of the molecule is CCC(Nc1nnnn1-c1ccccc1)C(=O)NC1CCC(N)CC1. The number of nitrogens with zero attached hydrogens (tertiary/aromatic N) is 4. The van der Waals surface area contributed by atoms with Crippen molar-refractivity contribution in [2.75, 3.05) is 5.32 Å². The predicted molar refractivity (Wildman–Crippen MR) is 95.2 cm³/mol. The van der Waals surface area contributed by atoms with Gasteiger partial charge in [0.05, 0.1) is 5.69 Å². The fraction of sp³-hybridized carbons (Fsp3) is 0.529. The molecule has 1 saturated carbocycles. The van der Waals surface area contributed by atoms with Crippen LogP contribution in [0.5, 0.6) is 0 Å². The van der Waals surface area contributed by atoms with E-state index < -0.39 is 0 Å². The number of aromatic nitrogens is 4. The molecule has 0 spiro atoms. The highest BCUT2D eigenvalue weighted by Gasteiger charge is 2.25. The lowest BCUT2D eigenvalue weighted by molar-refractivity contribution is -0.122. The van der Waals surface area contributed by atoms with Gasteiger partial charge in [-0.3, -0.25) is 4.79 Å². The Labute approximate surface area is 147 Å². The van der Waals surface area contributed by atoms with Crippen LogP contribution in [-0.2, 0) is 4.79 Å². The van der Waals surface area contributed by atoms with Crippen LogP contribution < -0.4 is 16.4 Å².